The van der Waals surface area contributed by atoms with Crippen LogP contribution in [0.25, 0.3) is 0 Å². The number of carboxylic acid groups (broad SMARTS) is 1. The van der Waals surface area contributed by atoms with Gasteiger partial charge in [-0.05, 0) is 29.8 Å². The molecule has 0 aliphatic rings. The van der Waals surface area contributed by atoms with E-state index in [0.717, 1.165) is 5.56 Å². The average Bonchev–Trinajstić information content (AvgIpc) is 2.46. The SMILES string of the molecule is Nc1ccc(C(=O)NCc2ccc(C(=O)O)cc2)nc1. The summed E-state index contributed by atoms with van der Waals surface area (Å²) in [5.74, 6) is -1.29. The number of nitrogens with zero attached hydrogens (tertiary/aromatic N) is 1. The summed E-state index contributed by atoms with van der Waals surface area (Å²) in [7, 11) is 0. The van der Waals surface area contributed by atoms with Gasteiger partial charge in [-0.2, -0.15) is 0 Å². The molecule has 4 N–H and O–H groups in total. The van der Waals surface area contributed by atoms with Crippen molar-refractivity contribution in [3.05, 3.63) is 59.4 Å². The third-order valence-electron chi connectivity index (χ3n) is 2.67. The van der Waals surface area contributed by atoms with Gasteiger partial charge in [0.15, 0.2) is 0 Å². The Bertz CT molecular complexity index is 621. The largest absolute Gasteiger partial charge is 0.478 e. The number of carbonyl (C=O) groups is 2. The Morgan fingerprint density at radius 3 is 2.40 bits per heavy atom. The van der Waals surface area contributed by atoms with Crippen LogP contribution in [0.15, 0.2) is 42.6 Å². The number of amides is 1. The quantitative estimate of drug-likeness (QED) is 0.777. The summed E-state index contributed by atoms with van der Waals surface area (Å²) in [4.78, 5) is 26.4. The number of anilines is 1. The van der Waals surface area contributed by atoms with Crippen LogP contribution >= 0.6 is 0 Å². The minimum Gasteiger partial charge on any atom is -0.478 e. The molecule has 0 saturated carbocycles. The normalized spacial score (nSPS) is 10.0. The number of aromatic carboxylic acids is 1. The van der Waals surface area contributed by atoms with E-state index in [1.54, 1.807) is 18.2 Å². The van der Waals surface area contributed by atoms with Crippen molar-refractivity contribution in [2.45, 2.75) is 6.54 Å². The zero-order valence-corrected chi connectivity index (χ0v) is 10.5. The van der Waals surface area contributed by atoms with Gasteiger partial charge in [-0.25, -0.2) is 9.78 Å². The molecule has 0 fully saturated rings. The van der Waals surface area contributed by atoms with Crippen LogP contribution in [0.4, 0.5) is 5.69 Å². The molecule has 0 unspecified atom stereocenters. The summed E-state index contributed by atoms with van der Waals surface area (Å²) < 4.78 is 0. The lowest BCUT2D eigenvalue weighted by atomic mass is 10.1. The molecular weight excluding hydrogens is 258 g/mol. The minimum atomic E-state index is -0.980. The molecule has 1 heterocycles. The first-order valence-electron chi connectivity index (χ1n) is 5.88. The summed E-state index contributed by atoms with van der Waals surface area (Å²) >= 11 is 0. The predicted octanol–water partition coefficient (Wildman–Crippen LogP) is 1.29. The number of hydrogen-bond donors (Lipinski definition) is 3. The molecule has 0 radical (unpaired) electrons. The standard InChI is InChI=1S/C14H13N3O3/c15-11-5-6-12(16-8-11)13(18)17-7-9-1-3-10(4-2-9)14(19)20/h1-6,8H,7,15H2,(H,17,18)(H,19,20). The van der Waals surface area contributed by atoms with E-state index in [2.05, 4.69) is 10.3 Å². The topological polar surface area (TPSA) is 105 Å². The molecule has 2 aromatic rings. The number of carboxylic acids is 1. The van der Waals surface area contributed by atoms with Gasteiger partial charge < -0.3 is 16.2 Å². The van der Waals surface area contributed by atoms with Gasteiger partial charge in [0.25, 0.3) is 5.91 Å². The summed E-state index contributed by atoms with van der Waals surface area (Å²) in [6.45, 7) is 0.296. The third-order valence-corrected chi connectivity index (χ3v) is 2.67. The number of aromatic nitrogens is 1. The highest BCUT2D eigenvalue weighted by molar-refractivity contribution is 5.92. The molecule has 1 aromatic heterocycles. The van der Waals surface area contributed by atoms with Gasteiger partial charge in [0.2, 0.25) is 0 Å². The molecule has 1 amide bonds. The second kappa shape index (κ2) is 5.83. The number of rotatable bonds is 4. The van der Waals surface area contributed by atoms with Crippen LogP contribution in [0.3, 0.4) is 0 Å². The zero-order chi connectivity index (χ0) is 14.5. The molecule has 0 bridgehead atoms. The van der Waals surface area contributed by atoms with Crippen LogP contribution in [0, 0.1) is 0 Å². The number of nitrogen functional groups attached to an aromatic ring is 1. The number of benzene rings is 1. The fourth-order valence-electron chi connectivity index (χ4n) is 1.58. The predicted molar refractivity (Wildman–Crippen MR) is 73.2 cm³/mol. The fourth-order valence-corrected chi connectivity index (χ4v) is 1.58. The van der Waals surface area contributed by atoms with Crippen molar-refractivity contribution in [2.24, 2.45) is 0 Å². The molecule has 0 atom stereocenters. The number of hydrogen-bond acceptors (Lipinski definition) is 4. The molecule has 0 aliphatic heterocycles. The molecular formula is C14H13N3O3. The lowest BCUT2D eigenvalue weighted by Gasteiger charge is -2.05. The zero-order valence-electron chi connectivity index (χ0n) is 10.5. The van der Waals surface area contributed by atoms with E-state index in [9.17, 15) is 9.59 Å². The molecule has 2 rings (SSSR count). The number of nitrogens with one attached hydrogen (secondary N) is 1. The first-order valence-corrected chi connectivity index (χ1v) is 5.88. The van der Waals surface area contributed by atoms with Gasteiger partial charge in [-0.1, -0.05) is 12.1 Å². The number of nitrogens with two attached hydrogens (primary N) is 1. The van der Waals surface area contributed by atoms with Crippen molar-refractivity contribution in [3.63, 3.8) is 0 Å². The van der Waals surface area contributed by atoms with Crippen molar-refractivity contribution in [3.8, 4) is 0 Å². The Labute approximate surface area is 115 Å². The van der Waals surface area contributed by atoms with Gasteiger partial charge in [0.1, 0.15) is 5.69 Å². The lowest BCUT2D eigenvalue weighted by Crippen LogP contribution is -2.23. The van der Waals surface area contributed by atoms with Crippen molar-refractivity contribution in [2.75, 3.05) is 5.73 Å². The molecule has 0 aliphatic carbocycles. The Balaban J connectivity index is 1.96. The molecule has 0 spiro atoms. The highest BCUT2D eigenvalue weighted by Crippen LogP contribution is 2.05. The van der Waals surface area contributed by atoms with Gasteiger partial charge in [0.05, 0.1) is 17.4 Å². The van der Waals surface area contributed by atoms with E-state index in [0.29, 0.717) is 12.2 Å². The lowest BCUT2D eigenvalue weighted by molar-refractivity contribution is 0.0696. The van der Waals surface area contributed by atoms with Gasteiger partial charge >= 0.3 is 5.97 Å². The minimum absolute atomic E-state index is 0.209. The molecule has 6 nitrogen and oxygen atoms in total. The molecule has 6 heteroatoms. The van der Waals surface area contributed by atoms with Gasteiger partial charge in [0, 0.05) is 6.54 Å². The van der Waals surface area contributed by atoms with Crippen molar-refractivity contribution in [1.82, 2.24) is 10.3 Å². The average molecular weight is 271 g/mol. The van der Waals surface area contributed by atoms with Crippen molar-refractivity contribution >= 4 is 17.6 Å². The fraction of sp³-hybridized carbons (Fsp3) is 0.0714. The van der Waals surface area contributed by atoms with Crippen LogP contribution in [0.1, 0.15) is 26.4 Å². The van der Waals surface area contributed by atoms with E-state index < -0.39 is 5.97 Å². The molecule has 102 valence electrons. The van der Waals surface area contributed by atoms with E-state index in [1.165, 1.54) is 24.4 Å². The highest BCUT2D eigenvalue weighted by atomic mass is 16.4. The third kappa shape index (κ3) is 3.32. The van der Waals surface area contributed by atoms with Crippen molar-refractivity contribution in [1.29, 1.82) is 0 Å². The smallest absolute Gasteiger partial charge is 0.335 e. The number of carbonyl (C=O) groups excluding carboxylic acids is 1. The Morgan fingerprint density at radius 2 is 1.85 bits per heavy atom. The summed E-state index contributed by atoms with van der Waals surface area (Å²) in [5.41, 5.74) is 7.27. The van der Waals surface area contributed by atoms with Crippen LogP contribution in [0.5, 0.6) is 0 Å². The highest BCUT2D eigenvalue weighted by Gasteiger charge is 2.07. The second-order valence-electron chi connectivity index (χ2n) is 4.16. The maximum Gasteiger partial charge on any atom is 0.335 e. The van der Waals surface area contributed by atoms with Crippen molar-refractivity contribution < 1.29 is 14.7 Å². The Kier molecular flexibility index (Phi) is 3.95. The van der Waals surface area contributed by atoms with E-state index >= 15 is 0 Å². The molecule has 20 heavy (non-hydrogen) atoms. The van der Waals surface area contributed by atoms with Crippen LogP contribution < -0.4 is 11.1 Å². The maximum absolute atomic E-state index is 11.8. The van der Waals surface area contributed by atoms with E-state index in [1.807, 2.05) is 0 Å². The number of pyridine rings is 1. The molecule has 0 saturated heterocycles. The first kappa shape index (κ1) is 13.5. The first-order chi connectivity index (χ1) is 9.56. The van der Waals surface area contributed by atoms with Crippen LogP contribution in [-0.2, 0) is 6.54 Å². The van der Waals surface area contributed by atoms with E-state index in [4.69, 9.17) is 10.8 Å². The monoisotopic (exact) mass is 271 g/mol. The van der Waals surface area contributed by atoms with Crippen LogP contribution in [0.2, 0.25) is 0 Å². The van der Waals surface area contributed by atoms with Gasteiger partial charge in [-0.3, -0.25) is 4.79 Å². The Hall–Kier alpha value is -2.89. The maximum atomic E-state index is 11.8. The summed E-state index contributed by atoms with van der Waals surface area (Å²) in [5, 5.41) is 11.5. The second-order valence-corrected chi connectivity index (χ2v) is 4.16. The summed E-state index contributed by atoms with van der Waals surface area (Å²) in [6.07, 6.45) is 1.41. The Morgan fingerprint density at radius 1 is 1.15 bits per heavy atom. The van der Waals surface area contributed by atoms with Gasteiger partial charge in [-0.15, -0.1) is 0 Å². The molecule has 1 aromatic carbocycles. The van der Waals surface area contributed by atoms with Crippen LogP contribution in [-0.4, -0.2) is 22.0 Å². The van der Waals surface area contributed by atoms with E-state index in [-0.39, 0.29) is 17.2 Å². The summed E-state index contributed by atoms with van der Waals surface area (Å²) in [6, 6.07) is 9.43.